The number of methoxy groups -OCH3 is 1. The van der Waals surface area contributed by atoms with Gasteiger partial charge in [0, 0.05) is 32.4 Å². The molecule has 2 aromatic heterocycles. The van der Waals surface area contributed by atoms with E-state index in [2.05, 4.69) is 35.9 Å². The molecule has 14 heteroatoms. The number of hydrogen-bond donors (Lipinski definition) is 2. The second kappa shape index (κ2) is 9.85. The van der Waals surface area contributed by atoms with Crippen molar-refractivity contribution in [2.75, 3.05) is 53.7 Å². The van der Waals surface area contributed by atoms with Gasteiger partial charge in [0.1, 0.15) is 5.82 Å². The fraction of sp³-hybridized carbons (Fsp3) is 0.409. The van der Waals surface area contributed by atoms with Crippen LogP contribution < -0.4 is 20.4 Å². The van der Waals surface area contributed by atoms with Crippen LogP contribution in [0.3, 0.4) is 0 Å². The maximum Gasteiger partial charge on any atom is 0.282 e. The zero-order chi connectivity index (χ0) is 25.3. The number of aromatic nitrogens is 4. The van der Waals surface area contributed by atoms with E-state index in [1.54, 1.807) is 6.20 Å². The van der Waals surface area contributed by atoms with Crippen LogP contribution in [0.5, 0.6) is 0 Å². The first kappa shape index (κ1) is 24.2. The molecule has 36 heavy (non-hydrogen) atoms. The number of nitrogens with one attached hydrogen (secondary N) is 2. The normalized spacial score (nSPS) is 19.6. The fourth-order valence-electron chi connectivity index (χ4n) is 4.24. The molecule has 2 fully saturated rings. The molecule has 5 rings (SSSR count). The Hall–Kier alpha value is -3.52. The van der Waals surface area contributed by atoms with E-state index >= 15 is 0 Å². The summed E-state index contributed by atoms with van der Waals surface area (Å²) in [5.41, 5.74) is 0.335. The van der Waals surface area contributed by atoms with Gasteiger partial charge in [-0.3, -0.25) is 10.1 Å². The minimum absolute atomic E-state index is 0.00256. The van der Waals surface area contributed by atoms with Crippen LogP contribution in [0.15, 0.2) is 36.5 Å². The van der Waals surface area contributed by atoms with Gasteiger partial charge in [0.15, 0.2) is 11.9 Å². The third-order valence-corrected chi connectivity index (χ3v) is 6.75. The number of alkyl halides is 2. The Morgan fingerprint density at radius 3 is 2.72 bits per heavy atom. The molecule has 0 unspecified atom stereocenters. The summed E-state index contributed by atoms with van der Waals surface area (Å²) < 4.78 is 46.1. The van der Waals surface area contributed by atoms with Crippen molar-refractivity contribution in [2.45, 2.75) is 24.5 Å². The van der Waals surface area contributed by atoms with Gasteiger partial charge in [-0.15, -0.1) is 15.3 Å². The monoisotopic (exact) mass is 520 g/mol. The molecule has 2 N–H and O–H groups in total. The lowest BCUT2D eigenvalue weighted by molar-refractivity contribution is -0.126. The number of halogens is 3. The van der Waals surface area contributed by atoms with Gasteiger partial charge in [-0.2, -0.15) is 5.10 Å². The van der Waals surface area contributed by atoms with Crippen molar-refractivity contribution in [3.8, 4) is 0 Å². The van der Waals surface area contributed by atoms with Gasteiger partial charge in [0.05, 0.1) is 18.8 Å². The third kappa shape index (κ3) is 5.18. The van der Waals surface area contributed by atoms with E-state index in [1.807, 2.05) is 12.1 Å². The molecule has 1 aromatic carbocycles. The van der Waals surface area contributed by atoms with Crippen molar-refractivity contribution in [2.24, 2.45) is 0 Å². The van der Waals surface area contributed by atoms with E-state index < -0.39 is 36.8 Å². The Morgan fingerprint density at radius 2 is 2.00 bits per heavy atom. The molecule has 0 bridgehead atoms. The van der Waals surface area contributed by atoms with Crippen LogP contribution in [0, 0.1) is 5.82 Å². The van der Waals surface area contributed by atoms with Crippen LogP contribution in [0.2, 0.25) is 0 Å². The van der Waals surface area contributed by atoms with Crippen molar-refractivity contribution in [3.63, 3.8) is 0 Å². The summed E-state index contributed by atoms with van der Waals surface area (Å²) in [5.74, 6) is -3.23. The van der Waals surface area contributed by atoms with E-state index in [0.717, 1.165) is 31.4 Å². The summed E-state index contributed by atoms with van der Waals surface area (Å²) in [5, 5.41) is 22.9. The molecule has 0 saturated carbocycles. The summed E-state index contributed by atoms with van der Waals surface area (Å²) in [6.45, 7) is 0.398. The first-order chi connectivity index (χ1) is 17.3. The number of anilines is 4. The number of ether oxygens (including phenoxy) is 1. The van der Waals surface area contributed by atoms with Gasteiger partial charge in [-0.1, -0.05) is 17.4 Å². The van der Waals surface area contributed by atoms with Crippen molar-refractivity contribution in [1.82, 2.24) is 20.4 Å². The average Bonchev–Trinajstić information content (AvgIpc) is 3.49. The van der Waals surface area contributed by atoms with Crippen LogP contribution in [-0.4, -0.2) is 71.6 Å². The Bertz CT molecular complexity index is 1220. The number of nitrogens with zero attached hydrogens (tertiary/aromatic N) is 6. The topological polar surface area (TPSA) is 108 Å². The standard InChI is InChI=1S/C22H23F3N8O2S/c1-35-18(13-4-5-15(23)16(9-13)33-11-22(24,25)12-33)19(34)28-21-31-30-20(36-21)27-14-6-8-32(10-14)17-3-2-7-26-29-17/h2-5,7,9,14,18H,6,8,10-12H2,1H3,(H,27,30)(H,28,31,34)/t14-,18-/m1/s1. The molecule has 1 amide bonds. The summed E-state index contributed by atoms with van der Waals surface area (Å²) in [6, 6.07) is 7.76. The zero-order valence-electron chi connectivity index (χ0n) is 19.2. The molecule has 2 aliphatic heterocycles. The molecular weight excluding hydrogens is 497 g/mol. The highest BCUT2D eigenvalue weighted by atomic mass is 32.1. The van der Waals surface area contributed by atoms with Crippen LogP contribution in [0.1, 0.15) is 18.1 Å². The minimum atomic E-state index is -2.85. The number of rotatable bonds is 8. The van der Waals surface area contributed by atoms with Crippen molar-refractivity contribution >= 4 is 39.0 Å². The molecule has 3 aromatic rings. The summed E-state index contributed by atoms with van der Waals surface area (Å²) >= 11 is 1.17. The Balaban J connectivity index is 1.20. The third-order valence-electron chi connectivity index (χ3n) is 5.99. The SMILES string of the molecule is CO[C@@H](C(=O)Nc1nnc(N[C@@H]2CCN(c3cccnn3)C2)s1)c1ccc(F)c(N2CC(F)(F)C2)c1. The van der Waals surface area contributed by atoms with E-state index in [-0.39, 0.29) is 16.9 Å². The molecular formula is C22H23F3N8O2S. The number of benzene rings is 1. The Labute approximate surface area is 208 Å². The van der Waals surface area contributed by atoms with E-state index in [4.69, 9.17) is 4.74 Å². The lowest BCUT2D eigenvalue weighted by Crippen LogP contribution is -2.56. The van der Waals surface area contributed by atoms with E-state index in [0.29, 0.717) is 10.7 Å². The van der Waals surface area contributed by atoms with E-state index in [9.17, 15) is 18.0 Å². The van der Waals surface area contributed by atoms with Gasteiger partial charge >= 0.3 is 0 Å². The van der Waals surface area contributed by atoms with Gasteiger partial charge in [0.25, 0.3) is 11.8 Å². The predicted octanol–water partition coefficient (Wildman–Crippen LogP) is 2.94. The minimum Gasteiger partial charge on any atom is -0.367 e. The summed E-state index contributed by atoms with van der Waals surface area (Å²) in [7, 11) is 1.33. The molecule has 2 atom stereocenters. The number of hydrogen-bond acceptors (Lipinski definition) is 10. The van der Waals surface area contributed by atoms with Crippen molar-refractivity contribution < 1.29 is 22.7 Å². The molecule has 4 heterocycles. The predicted molar refractivity (Wildman–Crippen MR) is 128 cm³/mol. The highest BCUT2D eigenvalue weighted by molar-refractivity contribution is 7.19. The maximum absolute atomic E-state index is 14.2. The second-order valence-corrected chi connectivity index (χ2v) is 9.58. The van der Waals surface area contributed by atoms with Crippen LogP contribution in [-0.2, 0) is 9.53 Å². The lowest BCUT2D eigenvalue weighted by Gasteiger charge is -2.40. The van der Waals surface area contributed by atoms with Gasteiger partial charge in [-0.25, -0.2) is 13.2 Å². The van der Waals surface area contributed by atoms with E-state index in [1.165, 1.54) is 35.5 Å². The molecule has 0 radical (unpaired) electrons. The number of amides is 1. The largest absolute Gasteiger partial charge is 0.367 e. The van der Waals surface area contributed by atoms with Gasteiger partial charge < -0.3 is 19.9 Å². The number of carbonyl (C=O) groups excluding carboxylic acids is 1. The Morgan fingerprint density at radius 1 is 1.19 bits per heavy atom. The highest BCUT2D eigenvalue weighted by Gasteiger charge is 2.45. The maximum atomic E-state index is 14.2. The van der Waals surface area contributed by atoms with Crippen LogP contribution in [0.4, 0.5) is 34.9 Å². The zero-order valence-corrected chi connectivity index (χ0v) is 20.0. The van der Waals surface area contributed by atoms with Gasteiger partial charge in [0.2, 0.25) is 10.3 Å². The molecule has 2 aliphatic rings. The molecule has 0 spiro atoms. The van der Waals surface area contributed by atoms with Gasteiger partial charge in [-0.05, 0) is 36.2 Å². The second-order valence-electron chi connectivity index (χ2n) is 8.60. The fourth-order valence-corrected chi connectivity index (χ4v) is 4.96. The molecule has 10 nitrogen and oxygen atoms in total. The smallest absolute Gasteiger partial charge is 0.282 e. The highest BCUT2D eigenvalue weighted by Crippen LogP contribution is 2.35. The lowest BCUT2D eigenvalue weighted by atomic mass is 10.0. The Kier molecular flexibility index (Phi) is 6.62. The quantitative estimate of drug-likeness (QED) is 0.463. The van der Waals surface area contributed by atoms with Crippen molar-refractivity contribution in [1.29, 1.82) is 0 Å². The summed E-state index contributed by atoms with van der Waals surface area (Å²) in [4.78, 5) is 16.2. The van der Waals surface area contributed by atoms with Crippen LogP contribution >= 0.6 is 11.3 Å². The first-order valence-corrected chi connectivity index (χ1v) is 12.0. The molecule has 2 saturated heterocycles. The average molecular weight is 521 g/mol. The van der Waals surface area contributed by atoms with Crippen molar-refractivity contribution in [3.05, 3.63) is 47.9 Å². The number of carbonyl (C=O) groups is 1. The molecule has 0 aliphatic carbocycles. The van der Waals surface area contributed by atoms with Crippen LogP contribution in [0.25, 0.3) is 0 Å². The molecule has 190 valence electrons. The first-order valence-electron chi connectivity index (χ1n) is 11.2. The summed E-state index contributed by atoms with van der Waals surface area (Å²) in [6.07, 6.45) is 1.41.